The average Bonchev–Trinajstić information content (AvgIpc) is 3.02. The molecule has 2 heterocycles. The topological polar surface area (TPSA) is 62.3 Å². The van der Waals surface area contributed by atoms with Crippen LogP contribution in [0.15, 0.2) is 29.6 Å². The van der Waals surface area contributed by atoms with Crippen molar-refractivity contribution in [1.29, 1.82) is 0 Å². The van der Waals surface area contributed by atoms with Gasteiger partial charge in [-0.1, -0.05) is 29.8 Å². The van der Waals surface area contributed by atoms with Crippen LogP contribution < -0.4 is 5.32 Å². The second-order valence-corrected chi connectivity index (χ2v) is 7.46. The Labute approximate surface area is 152 Å². The summed E-state index contributed by atoms with van der Waals surface area (Å²) >= 11 is 1.44. The number of amides is 2. The van der Waals surface area contributed by atoms with Gasteiger partial charge < -0.3 is 10.2 Å². The number of piperidine rings is 1. The van der Waals surface area contributed by atoms with E-state index >= 15 is 0 Å². The molecule has 1 saturated heterocycles. The molecule has 3 rings (SSSR count). The maximum Gasteiger partial charge on any atom is 0.229 e. The number of hydrogen-bond acceptors (Lipinski definition) is 4. The van der Waals surface area contributed by atoms with Crippen LogP contribution in [0.3, 0.4) is 0 Å². The lowest BCUT2D eigenvalue weighted by molar-refractivity contribution is -0.133. The van der Waals surface area contributed by atoms with Crippen molar-refractivity contribution >= 4 is 28.3 Å². The zero-order valence-corrected chi connectivity index (χ0v) is 15.4. The van der Waals surface area contributed by atoms with Crippen LogP contribution in [-0.4, -0.2) is 34.8 Å². The lowest BCUT2D eigenvalue weighted by Crippen LogP contribution is -2.42. The predicted octanol–water partition coefficient (Wildman–Crippen LogP) is 3.18. The molecule has 6 heteroatoms. The molecule has 0 bridgehead atoms. The number of rotatable bonds is 4. The minimum atomic E-state index is -0.0485. The molecule has 1 fully saturated rings. The number of likely N-dealkylation sites (tertiary alicyclic amines) is 1. The van der Waals surface area contributed by atoms with Gasteiger partial charge in [0.25, 0.3) is 0 Å². The highest BCUT2D eigenvalue weighted by atomic mass is 32.1. The van der Waals surface area contributed by atoms with E-state index in [0.717, 1.165) is 11.3 Å². The first-order valence-electron chi connectivity index (χ1n) is 8.57. The molecule has 5 nitrogen and oxygen atoms in total. The standard InChI is InChI=1S/C19H23N3O2S/c1-13-3-5-15(6-4-13)11-17(23)22-9-7-16(8-10-22)18(24)21-19-20-14(2)12-25-19/h3-6,12,16H,7-11H2,1-2H3,(H,20,21,24). The molecule has 25 heavy (non-hydrogen) atoms. The second-order valence-electron chi connectivity index (χ2n) is 6.60. The monoisotopic (exact) mass is 357 g/mol. The van der Waals surface area contributed by atoms with Crippen molar-refractivity contribution in [1.82, 2.24) is 9.88 Å². The van der Waals surface area contributed by atoms with E-state index in [-0.39, 0.29) is 17.7 Å². The van der Waals surface area contributed by atoms with Gasteiger partial charge in [0, 0.05) is 24.4 Å². The Bertz CT molecular complexity index is 746. The molecule has 0 unspecified atom stereocenters. The molecule has 1 aromatic heterocycles. The fourth-order valence-corrected chi connectivity index (χ4v) is 3.69. The third kappa shape index (κ3) is 4.66. The van der Waals surface area contributed by atoms with Crippen LogP contribution >= 0.6 is 11.3 Å². The van der Waals surface area contributed by atoms with E-state index in [4.69, 9.17) is 0 Å². The summed E-state index contributed by atoms with van der Waals surface area (Å²) in [5, 5.41) is 5.46. The lowest BCUT2D eigenvalue weighted by atomic mass is 9.95. The molecular formula is C19H23N3O2S. The predicted molar refractivity (Wildman–Crippen MR) is 99.7 cm³/mol. The van der Waals surface area contributed by atoms with E-state index in [1.54, 1.807) is 0 Å². The van der Waals surface area contributed by atoms with Crippen LogP contribution in [0.2, 0.25) is 0 Å². The van der Waals surface area contributed by atoms with Crippen molar-refractivity contribution in [2.24, 2.45) is 5.92 Å². The molecule has 0 saturated carbocycles. The highest BCUT2D eigenvalue weighted by molar-refractivity contribution is 7.13. The fourth-order valence-electron chi connectivity index (χ4n) is 3.00. The van der Waals surface area contributed by atoms with E-state index in [1.165, 1.54) is 16.9 Å². The Morgan fingerprint density at radius 3 is 2.48 bits per heavy atom. The van der Waals surface area contributed by atoms with Gasteiger partial charge in [-0.2, -0.15) is 0 Å². The first-order chi connectivity index (χ1) is 12.0. The normalized spacial score (nSPS) is 15.2. The molecule has 2 aromatic rings. The van der Waals surface area contributed by atoms with Gasteiger partial charge in [0.05, 0.1) is 12.1 Å². The van der Waals surface area contributed by atoms with Crippen LogP contribution in [0, 0.1) is 19.8 Å². The van der Waals surface area contributed by atoms with Crippen molar-refractivity contribution in [2.45, 2.75) is 33.1 Å². The number of aryl methyl sites for hydroxylation is 2. The van der Waals surface area contributed by atoms with Crippen LogP contribution in [0.5, 0.6) is 0 Å². The van der Waals surface area contributed by atoms with Crippen LogP contribution in [0.25, 0.3) is 0 Å². The molecule has 0 aliphatic carbocycles. The zero-order chi connectivity index (χ0) is 17.8. The lowest BCUT2D eigenvalue weighted by Gasteiger charge is -2.31. The zero-order valence-electron chi connectivity index (χ0n) is 14.6. The van der Waals surface area contributed by atoms with E-state index in [1.807, 2.05) is 48.4 Å². The maximum atomic E-state index is 12.4. The Hall–Kier alpha value is -2.21. The van der Waals surface area contributed by atoms with Gasteiger partial charge >= 0.3 is 0 Å². The number of aromatic nitrogens is 1. The molecule has 1 aliphatic rings. The molecule has 0 spiro atoms. The van der Waals surface area contributed by atoms with E-state index < -0.39 is 0 Å². The smallest absolute Gasteiger partial charge is 0.229 e. The van der Waals surface area contributed by atoms with Crippen molar-refractivity contribution < 1.29 is 9.59 Å². The van der Waals surface area contributed by atoms with Gasteiger partial charge in [-0.25, -0.2) is 4.98 Å². The summed E-state index contributed by atoms with van der Waals surface area (Å²) in [6, 6.07) is 8.06. The highest BCUT2D eigenvalue weighted by Gasteiger charge is 2.27. The number of hydrogen-bond donors (Lipinski definition) is 1. The van der Waals surface area contributed by atoms with Crippen LogP contribution in [-0.2, 0) is 16.0 Å². The molecular weight excluding hydrogens is 334 g/mol. The van der Waals surface area contributed by atoms with Crippen molar-refractivity contribution in [3.63, 3.8) is 0 Å². The van der Waals surface area contributed by atoms with Crippen LogP contribution in [0.4, 0.5) is 5.13 Å². The van der Waals surface area contributed by atoms with Gasteiger partial charge in [-0.3, -0.25) is 9.59 Å². The Morgan fingerprint density at radius 1 is 1.20 bits per heavy atom. The first-order valence-corrected chi connectivity index (χ1v) is 9.45. The minimum absolute atomic E-state index is 0.0139. The maximum absolute atomic E-state index is 12.4. The van der Waals surface area contributed by atoms with E-state index in [9.17, 15) is 9.59 Å². The minimum Gasteiger partial charge on any atom is -0.342 e. The van der Waals surface area contributed by atoms with Gasteiger partial charge in [0.2, 0.25) is 11.8 Å². The third-order valence-electron chi connectivity index (χ3n) is 4.54. The summed E-state index contributed by atoms with van der Waals surface area (Å²) in [4.78, 5) is 30.9. The first kappa shape index (κ1) is 17.6. The SMILES string of the molecule is Cc1ccc(CC(=O)N2CCC(C(=O)Nc3nc(C)cs3)CC2)cc1. The molecule has 132 valence electrons. The van der Waals surface area contributed by atoms with Crippen molar-refractivity contribution in [3.8, 4) is 0 Å². The summed E-state index contributed by atoms with van der Waals surface area (Å²) in [6.45, 7) is 5.22. The summed E-state index contributed by atoms with van der Waals surface area (Å²) in [7, 11) is 0. The molecule has 1 aromatic carbocycles. The number of anilines is 1. The third-order valence-corrected chi connectivity index (χ3v) is 5.42. The van der Waals surface area contributed by atoms with Crippen molar-refractivity contribution in [2.75, 3.05) is 18.4 Å². The number of carbonyl (C=O) groups is 2. The van der Waals surface area contributed by atoms with Gasteiger partial charge in [-0.15, -0.1) is 11.3 Å². The summed E-state index contributed by atoms with van der Waals surface area (Å²) in [5.74, 6) is 0.103. The quantitative estimate of drug-likeness (QED) is 0.914. The Balaban J connectivity index is 1.48. The highest BCUT2D eigenvalue weighted by Crippen LogP contribution is 2.22. The Kier molecular flexibility index (Phi) is 5.48. The van der Waals surface area contributed by atoms with Crippen LogP contribution in [0.1, 0.15) is 29.7 Å². The number of thiazole rings is 1. The number of benzene rings is 1. The fraction of sp³-hybridized carbons (Fsp3) is 0.421. The number of nitrogens with one attached hydrogen (secondary N) is 1. The summed E-state index contributed by atoms with van der Waals surface area (Å²) in [6.07, 6.45) is 1.83. The Morgan fingerprint density at radius 2 is 1.88 bits per heavy atom. The summed E-state index contributed by atoms with van der Waals surface area (Å²) < 4.78 is 0. The molecule has 0 radical (unpaired) electrons. The number of nitrogens with zero attached hydrogens (tertiary/aromatic N) is 2. The molecule has 1 N–H and O–H groups in total. The van der Waals surface area contributed by atoms with Gasteiger partial charge in [0.15, 0.2) is 5.13 Å². The number of carbonyl (C=O) groups excluding carboxylic acids is 2. The van der Waals surface area contributed by atoms with E-state index in [0.29, 0.717) is 37.5 Å². The largest absolute Gasteiger partial charge is 0.342 e. The second kappa shape index (κ2) is 7.78. The van der Waals surface area contributed by atoms with E-state index in [2.05, 4.69) is 10.3 Å². The van der Waals surface area contributed by atoms with Gasteiger partial charge in [0.1, 0.15) is 0 Å². The molecule has 2 amide bonds. The molecule has 0 atom stereocenters. The van der Waals surface area contributed by atoms with Gasteiger partial charge in [-0.05, 0) is 32.3 Å². The van der Waals surface area contributed by atoms with Crippen molar-refractivity contribution in [3.05, 3.63) is 46.5 Å². The molecule has 1 aliphatic heterocycles. The average molecular weight is 357 g/mol. The summed E-state index contributed by atoms with van der Waals surface area (Å²) in [5.41, 5.74) is 3.14.